The summed E-state index contributed by atoms with van der Waals surface area (Å²) in [5.74, 6) is 0.168. The molecule has 0 saturated heterocycles. The first kappa shape index (κ1) is 11.2. The van der Waals surface area contributed by atoms with E-state index in [1.54, 1.807) is 18.2 Å². The molecule has 6 heteroatoms. The summed E-state index contributed by atoms with van der Waals surface area (Å²) in [4.78, 5) is 11.5. The quantitative estimate of drug-likeness (QED) is 0.881. The van der Waals surface area contributed by atoms with Crippen LogP contribution < -0.4 is 5.73 Å². The maximum absolute atomic E-state index is 11.5. The van der Waals surface area contributed by atoms with Gasteiger partial charge in [0, 0.05) is 15.6 Å². The van der Waals surface area contributed by atoms with Gasteiger partial charge in [0.15, 0.2) is 0 Å². The van der Waals surface area contributed by atoms with Gasteiger partial charge in [-0.3, -0.25) is 4.79 Å². The molecule has 0 spiro atoms. The Kier molecular flexibility index (Phi) is 3.03. The largest absolute Gasteiger partial charge is 0.385 e. The number of nitrogens with two attached hydrogens (primary N) is 1. The van der Waals surface area contributed by atoms with E-state index in [9.17, 15) is 4.79 Å². The van der Waals surface area contributed by atoms with Gasteiger partial charge in [-0.05, 0) is 12.1 Å². The van der Waals surface area contributed by atoms with Gasteiger partial charge in [0.1, 0.15) is 5.84 Å². The predicted molar refractivity (Wildman–Crippen MR) is 63.3 cm³/mol. The number of hydrazone groups is 1. The number of nitrogens with zero attached hydrogens (tertiary/aromatic N) is 2. The number of amides is 1. The summed E-state index contributed by atoms with van der Waals surface area (Å²) in [6, 6.07) is 5.18. The SMILES string of the molecule is NC1=NN(Cc2c(Cl)cccc2Cl)C(=O)C1. The minimum absolute atomic E-state index is 0.145. The van der Waals surface area contributed by atoms with Crippen LogP contribution in [-0.2, 0) is 11.3 Å². The van der Waals surface area contributed by atoms with E-state index in [1.807, 2.05) is 0 Å². The summed E-state index contributed by atoms with van der Waals surface area (Å²) >= 11 is 12.0. The molecule has 1 aliphatic rings. The third kappa shape index (κ3) is 2.13. The van der Waals surface area contributed by atoms with Gasteiger partial charge in [-0.25, -0.2) is 5.01 Å². The zero-order chi connectivity index (χ0) is 11.7. The maximum Gasteiger partial charge on any atom is 0.250 e. The molecule has 1 aliphatic heterocycles. The zero-order valence-corrected chi connectivity index (χ0v) is 9.79. The zero-order valence-electron chi connectivity index (χ0n) is 8.28. The van der Waals surface area contributed by atoms with Gasteiger partial charge in [0.05, 0.1) is 13.0 Å². The van der Waals surface area contributed by atoms with Crippen LogP contribution in [0.4, 0.5) is 0 Å². The molecule has 0 fully saturated rings. The Balaban J connectivity index is 2.25. The highest BCUT2D eigenvalue weighted by Crippen LogP contribution is 2.26. The standard InChI is InChI=1S/C10H9Cl2N3O/c11-7-2-1-3-8(12)6(7)5-15-10(16)4-9(13)14-15/h1-3H,4-5H2,(H2,13,14). The van der Waals surface area contributed by atoms with Crippen LogP contribution in [0.2, 0.25) is 10.0 Å². The van der Waals surface area contributed by atoms with Crippen molar-refractivity contribution in [3.05, 3.63) is 33.8 Å². The molecule has 4 nitrogen and oxygen atoms in total. The summed E-state index contributed by atoms with van der Waals surface area (Å²) in [6.45, 7) is 0.248. The number of amidine groups is 1. The molecular weight excluding hydrogens is 249 g/mol. The fourth-order valence-electron chi connectivity index (χ4n) is 1.45. The molecular formula is C10H9Cl2N3O. The minimum atomic E-state index is -0.145. The molecule has 0 atom stereocenters. The van der Waals surface area contributed by atoms with Crippen molar-refractivity contribution in [3.8, 4) is 0 Å². The second-order valence-electron chi connectivity index (χ2n) is 3.42. The first-order chi connectivity index (χ1) is 7.58. The minimum Gasteiger partial charge on any atom is -0.385 e. The van der Waals surface area contributed by atoms with Crippen LogP contribution in [0.25, 0.3) is 0 Å². The number of hydrogen-bond acceptors (Lipinski definition) is 3. The van der Waals surface area contributed by atoms with E-state index < -0.39 is 0 Å². The van der Waals surface area contributed by atoms with Crippen LogP contribution in [0.1, 0.15) is 12.0 Å². The number of halogens is 2. The van der Waals surface area contributed by atoms with Crippen LogP contribution in [0.5, 0.6) is 0 Å². The number of carbonyl (C=O) groups is 1. The molecule has 1 amide bonds. The number of carbonyl (C=O) groups excluding carboxylic acids is 1. The third-order valence-electron chi connectivity index (χ3n) is 2.24. The summed E-state index contributed by atoms with van der Waals surface area (Å²) in [7, 11) is 0. The summed E-state index contributed by atoms with van der Waals surface area (Å²) < 4.78 is 0. The Labute approximate surface area is 103 Å². The molecule has 1 heterocycles. The van der Waals surface area contributed by atoms with Crippen LogP contribution >= 0.6 is 23.2 Å². The van der Waals surface area contributed by atoms with Gasteiger partial charge in [-0.2, -0.15) is 5.10 Å². The van der Waals surface area contributed by atoms with Crippen molar-refractivity contribution in [3.63, 3.8) is 0 Å². The molecule has 2 N–H and O–H groups in total. The fourth-order valence-corrected chi connectivity index (χ4v) is 1.97. The van der Waals surface area contributed by atoms with Crippen molar-refractivity contribution in [2.45, 2.75) is 13.0 Å². The first-order valence-electron chi connectivity index (χ1n) is 4.64. The molecule has 0 unspecified atom stereocenters. The lowest BCUT2D eigenvalue weighted by molar-refractivity contribution is -0.129. The van der Waals surface area contributed by atoms with Crippen molar-refractivity contribution in [1.82, 2.24) is 5.01 Å². The van der Waals surface area contributed by atoms with E-state index in [1.165, 1.54) is 5.01 Å². The van der Waals surface area contributed by atoms with Gasteiger partial charge >= 0.3 is 0 Å². The number of hydrogen-bond donors (Lipinski definition) is 1. The van der Waals surface area contributed by atoms with Gasteiger partial charge in [-0.15, -0.1) is 0 Å². The van der Waals surface area contributed by atoms with E-state index >= 15 is 0 Å². The van der Waals surface area contributed by atoms with E-state index in [2.05, 4.69) is 5.10 Å². The summed E-state index contributed by atoms with van der Waals surface area (Å²) in [5, 5.41) is 6.22. The molecule has 0 aromatic heterocycles. The van der Waals surface area contributed by atoms with Crippen LogP contribution in [-0.4, -0.2) is 16.8 Å². The number of rotatable bonds is 2. The van der Waals surface area contributed by atoms with E-state index in [-0.39, 0.29) is 18.9 Å². The molecule has 1 aromatic carbocycles. The van der Waals surface area contributed by atoms with E-state index in [0.717, 1.165) is 0 Å². The molecule has 0 bridgehead atoms. The van der Waals surface area contributed by atoms with Crippen molar-refractivity contribution in [1.29, 1.82) is 0 Å². The van der Waals surface area contributed by atoms with Crippen LogP contribution in [0, 0.1) is 0 Å². The Morgan fingerprint density at radius 2 is 2.00 bits per heavy atom. The monoisotopic (exact) mass is 257 g/mol. The average molecular weight is 258 g/mol. The van der Waals surface area contributed by atoms with Gasteiger partial charge < -0.3 is 5.73 Å². The normalized spacial score (nSPS) is 15.5. The van der Waals surface area contributed by atoms with Gasteiger partial charge in [0.2, 0.25) is 0 Å². The lowest BCUT2D eigenvalue weighted by Gasteiger charge is -2.13. The highest BCUT2D eigenvalue weighted by Gasteiger charge is 2.23. The lowest BCUT2D eigenvalue weighted by atomic mass is 10.2. The van der Waals surface area contributed by atoms with Crippen molar-refractivity contribution < 1.29 is 4.79 Å². The van der Waals surface area contributed by atoms with Crippen molar-refractivity contribution >= 4 is 34.9 Å². The van der Waals surface area contributed by atoms with E-state index in [0.29, 0.717) is 21.4 Å². The molecule has 84 valence electrons. The average Bonchev–Trinajstić information content (AvgIpc) is 2.51. The highest BCUT2D eigenvalue weighted by atomic mass is 35.5. The fraction of sp³-hybridized carbons (Fsp3) is 0.200. The molecule has 0 saturated carbocycles. The Bertz CT molecular complexity index is 453. The second-order valence-corrected chi connectivity index (χ2v) is 4.23. The first-order valence-corrected chi connectivity index (χ1v) is 5.39. The Morgan fingerprint density at radius 1 is 1.38 bits per heavy atom. The van der Waals surface area contributed by atoms with Crippen molar-refractivity contribution in [2.75, 3.05) is 0 Å². The topological polar surface area (TPSA) is 58.7 Å². The number of benzene rings is 1. The van der Waals surface area contributed by atoms with Crippen LogP contribution in [0.3, 0.4) is 0 Å². The van der Waals surface area contributed by atoms with Gasteiger partial charge in [-0.1, -0.05) is 29.3 Å². The Morgan fingerprint density at radius 3 is 2.50 bits per heavy atom. The smallest absolute Gasteiger partial charge is 0.250 e. The van der Waals surface area contributed by atoms with Crippen LogP contribution in [0.15, 0.2) is 23.3 Å². The Hall–Kier alpha value is -1.26. The highest BCUT2D eigenvalue weighted by molar-refractivity contribution is 6.36. The van der Waals surface area contributed by atoms with Crippen molar-refractivity contribution in [2.24, 2.45) is 10.8 Å². The summed E-state index contributed by atoms with van der Waals surface area (Å²) in [6.07, 6.45) is 0.155. The summed E-state index contributed by atoms with van der Waals surface area (Å²) in [5.41, 5.74) is 6.15. The van der Waals surface area contributed by atoms with Gasteiger partial charge in [0.25, 0.3) is 5.91 Å². The lowest BCUT2D eigenvalue weighted by Crippen LogP contribution is -2.20. The third-order valence-corrected chi connectivity index (χ3v) is 2.95. The maximum atomic E-state index is 11.5. The molecule has 2 rings (SSSR count). The second kappa shape index (κ2) is 4.31. The van der Waals surface area contributed by atoms with E-state index in [4.69, 9.17) is 28.9 Å². The molecule has 1 aromatic rings. The molecule has 16 heavy (non-hydrogen) atoms. The predicted octanol–water partition coefficient (Wildman–Crippen LogP) is 2.00. The molecule has 0 aliphatic carbocycles. The molecule has 0 radical (unpaired) electrons.